The third-order valence-corrected chi connectivity index (χ3v) is 4.91. The van der Waals surface area contributed by atoms with Crippen LogP contribution in [0.25, 0.3) is 0 Å². The first-order valence-electron chi connectivity index (χ1n) is 5.89. The third-order valence-electron chi connectivity index (χ3n) is 3.05. The highest BCUT2D eigenvalue weighted by Crippen LogP contribution is 2.20. The van der Waals surface area contributed by atoms with E-state index in [2.05, 4.69) is 0 Å². The van der Waals surface area contributed by atoms with Gasteiger partial charge in [-0.1, -0.05) is 23.8 Å². The zero-order valence-corrected chi connectivity index (χ0v) is 11.2. The van der Waals surface area contributed by atoms with E-state index in [4.69, 9.17) is 5.11 Å². The Kier molecular flexibility index (Phi) is 3.85. The van der Waals surface area contributed by atoms with Crippen LogP contribution in [0.1, 0.15) is 12.0 Å². The summed E-state index contributed by atoms with van der Waals surface area (Å²) in [7, 11) is -3.44. The summed E-state index contributed by atoms with van der Waals surface area (Å²) >= 11 is 0. The highest BCUT2D eigenvalue weighted by molar-refractivity contribution is 7.89. The van der Waals surface area contributed by atoms with Crippen molar-refractivity contribution in [3.63, 3.8) is 0 Å². The molecule has 98 valence electrons. The number of sulfonamides is 1. The van der Waals surface area contributed by atoms with Crippen molar-refractivity contribution in [2.75, 3.05) is 19.7 Å². The molecule has 0 atom stereocenters. The quantitative estimate of drug-likeness (QED) is 0.840. The smallest absolute Gasteiger partial charge is 0.243 e. The maximum atomic E-state index is 12.4. The van der Waals surface area contributed by atoms with E-state index in [1.165, 1.54) is 4.31 Å². The molecule has 1 aliphatic rings. The van der Waals surface area contributed by atoms with Crippen LogP contribution in [0.5, 0.6) is 0 Å². The summed E-state index contributed by atoms with van der Waals surface area (Å²) in [4.78, 5) is 0.312. The van der Waals surface area contributed by atoms with Gasteiger partial charge in [0.05, 0.1) is 11.5 Å². The summed E-state index contributed by atoms with van der Waals surface area (Å²) in [6.07, 6.45) is 2.56. The fraction of sp³-hybridized carbons (Fsp3) is 0.385. The molecule has 1 heterocycles. The average Bonchev–Trinajstić information content (AvgIpc) is 2.39. The van der Waals surface area contributed by atoms with Crippen molar-refractivity contribution in [3.8, 4) is 0 Å². The standard InChI is InChI=1S/C13H17NO3S/c1-11-4-6-13(7-5-11)18(16,17)14-8-2-3-12(9-14)10-15/h3-7,15H,2,8-10H2,1H3. The lowest BCUT2D eigenvalue weighted by molar-refractivity contribution is 0.310. The van der Waals surface area contributed by atoms with Crippen LogP contribution in [-0.2, 0) is 10.0 Å². The minimum absolute atomic E-state index is 0.0834. The Morgan fingerprint density at radius 2 is 1.94 bits per heavy atom. The summed E-state index contributed by atoms with van der Waals surface area (Å²) in [5, 5.41) is 9.09. The Balaban J connectivity index is 2.27. The van der Waals surface area contributed by atoms with Crippen LogP contribution in [0.15, 0.2) is 40.8 Å². The van der Waals surface area contributed by atoms with Gasteiger partial charge in [0, 0.05) is 13.1 Å². The van der Waals surface area contributed by atoms with E-state index < -0.39 is 10.0 Å². The summed E-state index contributed by atoms with van der Waals surface area (Å²) in [5.41, 5.74) is 1.79. The van der Waals surface area contributed by atoms with Crippen molar-refractivity contribution in [3.05, 3.63) is 41.5 Å². The van der Waals surface area contributed by atoms with Crippen LogP contribution in [0.2, 0.25) is 0 Å². The van der Waals surface area contributed by atoms with E-state index in [1.807, 2.05) is 13.0 Å². The number of benzene rings is 1. The van der Waals surface area contributed by atoms with Gasteiger partial charge in [-0.3, -0.25) is 0 Å². The molecule has 1 aromatic rings. The molecule has 0 aliphatic carbocycles. The molecule has 4 nitrogen and oxygen atoms in total. The molecule has 0 amide bonds. The first-order valence-corrected chi connectivity index (χ1v) is 7.33. The number of aryl methyl sites for hydroxylation is 1. The molecule has 0 saturated carbocycles. The largest absolute Gasteiger partial charge is 0.392 e. The molecule has 1 aromatic carbocycles. The fourth-order valence-electron chi connectivity index (χ4n) is 1.96. The highest BCUT2D eigenvalue weighted by Gasteiger charge is 2.26. The molecule has 0 unspecified atom stereocenters. The summed E-state index contributed by atoms with van der Waals surface area (Å²) < 4.78 is 26.2. The lowest BCUT2D eigenvalue weighted by Crippen LogP contribution is -2.36. The molecule has 18 heavy (non-hydrogen) atoms. The van der Waals surface area contributed by atoms with Gasteiger partial charge in [-0.05, 0) is 31.1 Å². The van der Waals surface area contributed by atoms with Crippen LogP contribution in [0.4, 0.5) is 0 Å². The van der Waals surface area contributed by atoms with Gasteiger partial charge in [0.15, 0.2) is 0 Å². The van der Waals surface area contributed by atoms with Crippen molar-refractivity contribution in [2.45, 2.75) is 18.2 Å². The van der Waals surface area contributed by atoms with Crippen LogP contribution in [0, 0.1) is 6.92 Å². The lowest BCUT2D eigenvalue weighted by Gasteiger charge is -2.26. The Morgan fingerprint density at radius 3 is 2.56 bits per heavy atom. The average molecular weight is 267 g/mol. The van der Waals surface area contributed by atoms with Crippen LogP contribution in [0.3, 0.4) is 0 Å². The monoisotopic (exact) mass is 267 g/mol. The van der Waals surface area contributed by atoms with Crippen LogP contribution in [-0.4, -0.2) is 37.5 Å². The molecule has 1 N–H and O–H groups in total. The lowest BCUT2D eigenvalue weighted by atomic mass is 10.2. The van der Waals surface area contributed by atoms with Gasteiger partial charge < -0.3 is 5.11 Å². The maximum absolute atomic E-state index is 12.4. The van der Waals surface area contributed by atoms with Crippen LogP contribution >= 0.6 is 0 Å². The molecule has 5 heteroatoms. The summed E-state index contributed by atoms with van der Waals surface area (Å²) in [6, 6.07) is 6.84. The molecule has 1 aliphatic heterocycles. The van der Waals surface area contributed by atoms with E-state index in [1.54, 1.807) is 24.3 Å². The van der Waals surface area contributed by atoms with E-state index in [0.29, 0.717) is 17.9 Å². The number of aliphatic hydroxyl groups excluding tert-OH is 1. The predicted molar refractivity (Wildman–Crippen MR) is 69.7 cm³/mol. The van der Waals surface area contributed by atoms with Crippen molar-refractivity contribution >= 4 is 10.0 Å². The Hall–Kier alpha value is -1.17. The molecule has 0 spiro atoms. The number of aliphatic hydroxyl groups is 1. The van der Waals surface area contributed by atoms with Gasteiger partial charge in [-0.25, -0.2) is 8.42 Å². The Morgan fingerprint density at radius 1 is 1.28 bits per heavy atom. The molecular weight excluding hydrogens is 250 g/mol. The minimum atomic E-state index is -3.44. The topological polar surface area (TPSA) is 57.6 Å². The number of hydrogen-bond acceptors (Lipinski definition) is 3. The molecule has 2 rings (SSSR count). The Labute approximate surface area is 108 Å². The second-order valence-electron chi connectivity index (χ2n) is 4.46. The number of nitrogens with zero attached hydrogens (tertiary/aromatic N) is 1. The van der Waals surface area contributed by atoms with Gasteiger partial charge in [-0.2, -0.15) is 4.31 Å². The molecular formula is C13H17NO3S. The highest BCUT2D eigenvalue weighted by atomic mass is 32.2. The van der Waals surface area contributed by atoms with Crippen molar-refractivity contribution < 1.29 is 13.5 Å². The van der Waals surface area contributed by atoms with Gasteiger partial charge in [0.1, 0.15) is 0 Å². The van der Waals surface area contributed by atoms with Crippen molar-refractivity contribution in [2.24, 2.45) is 0 Å². The van der Waals surface area contributed by atoms with Crippen molar-refractivity contribution in [1.82, 2.24) is 4.31 Å². The zero-order chi connectivity index (χ0) is 13.2. The van der Waals surface area contributed by atoms with Crippen LogP contribution < -0.4 is 0 Å². The second-order valence-corrected chi connectivity index (χ2v) is 6.40. The van der Waals surface area contributed by atoms with Crippen molar-refractivity contribution in [1.29, 1.82) is 0 Å². The van der Waals surface area contributed by atoms with E-state index in [9.17, 15) is 8.42 Å². The molecule has 0 aromatic heterocycles. The first kappa shape index (κ1) is 13.3. The number of hydrogen-bond donors (Lipinski definition) is 1. The van der Waals surface area contributed by atoms with Gasteiger partial charge in [0.2, 0.25) is 10.0 Å². The summed E-state index contributed by atoms with van der Waals surface area (Å²) in [5.74, 6) is 0. The summed E-state index contributed by atoms with van der Waals surface area (Å²) in [6.45, 7) is 2.59. The first-order chi connectivity index (χ1) is 8.54. The van der Waals surface area contributed by atoms with E-state index >= 15 is 0 Å². The molecule has 0 fully saturated rings. The third kappa shape index (κ3) is 2.63. The van der Waals surface area contributed by atoms with E-state index in [0.717, 1.165) is 11.1 Å². The molecule has 0 bridgehead atoms. The fourth-order valence-corrected chi connectivity index (χ4v) is 3.42. The number of rotatable bonds is 3. The van der Waals surface area contributed by atoms with Gasteiger partial charge in [0.25, 0.3) is 0 Å². The maximum Gasteiger partial charge on any atom is 0.243 e. The molecule has 0 radical (unpaired) electrons. The van der Waals surface area contributed by atoms with E-state index in [-0.39, 0.29) is 13.2 Å². The normalized spacial score (nSPS) is 17.6. The van der Waals surface area contributed by atoms with Gasteiger partial charge in [-0.15, -0.1) is 0 Å². The molecule has 0 saturated heterocycles. The second kappa shape index (κ2) is 5.22. The zero-order valence-electron chi connectivity index (χ0n) is 10.3. The van der Waals surface area contributed by atoms with Gasteiger partial charge >= 0.3 is 0 Å². The SMILES string of the molecule is Cc1ccc(S(=O)(=O)N2CCC=C(CO)C2)cc1. The predicted octanol–water partition coefficient (Wildman–Crippen LogP) is 1.31. The Bertz CT molecular complexity index is 546. The minimum Gasteiger partial charge on any atom is -0.392 e.